The maximum Gasteiger partial charge on any atom is 0.257 e. The molecule has 1 saturated heterocycles. The molecule has 0 unspecified atom stereocenters. The van der Waals surface area contributed by atoms with Crippen LogP contribution in [0.4, 0.5) is 0 Å². The highest BCUT2D eigenvalue weighted by molar-refractivity contribution is 5.96. The standard InChI is InChI=1S/C23H31N5O/c1-17-22(18(2)26(4)24-17)23(29)28(14-13-27-11-7-8-12-27)16-20-15-19-9-5-6-10-21(19)25(20)3/h5-6,9-10,15H,7-8,11-14,16H2,1-4H3. The molecule has 1 fully saturated rings. The number of para-hydroxylation sites is 1. The molecule has 3 aromatic rings. The summed E-state index contributed by atoms with van der Waals surface area (Å²) in [6, 6.07) is 10.6. The summed E-state index contributed by atoms with van der Waals surface area (Å²) in [6.45, 7) is 8.44. The zero-order valence-corrected chi connectivity index (χ0v) is 18.0. The van der Waals surface area contributed by atoms with Gasteiger partial charge in [0.2, 0.25) is 0 Å². The van der Waals surface area contributed by atoms with Gasteiger partial charge in [-0.15, -0.1) is 0 Å². The van der Waals surface area contributed by atoms with Crippen molar-refractivity contribution < 1.29 is 4.79 Å². The number of benzene rings is 1. The van der Waals surface area contributed by atoms with Crippen LogP contribution in [-0.4, -0.2) is 56.2 Å². The van der Waals surface area contributed by atoms with E-state index in [1.807, 2.05) is 25.8 Å². The third kappa shape index (κ3) is 3.81. The average Bonchev–Trinajstić information content (AvgIpc) is 3.39. The van der Waals surface area contributed by atoms with E-state index in [0.717, 1.165) is 48.8 Å². The average molecular weight is 394 g/mol. The van der Waals surface area contributed by atoms with Crippen LogP contribution in [0, 0.1) is 13.8 Å². The third-order valence-corrected chi connectivity index (χ3v) is 6.30. The number of rotatable bonds is 6. The van der Waals surface area contributed by atoms with E-state index in [9.17, 15) is 4.79 Å². The second-order valence-corrected chi connectivity index (χ2v) is 8.20. The third-order valence-electron chi connectivity index (χ3n) is 6.30. The van der Waals surface area contributed by atoms with Gasteiger partial charge >= 0.3 is 0 Å². The van der Waals surface area contributed by atoms with Crippen LogP contribution in [-0.2, 0) is 20.6 Å². The zero-order valence-electron chi connectivity index (χ0n) is 18.0. The number of aryl methyl sites for hydroxylation is 3. The van der Waals surface area contributed by atoms with Crippen molar-refractivity contribution in [2.45, 2.75) is 33.2 Å². The SMILES string of the molecule is Cc1nn(C)c(C)c1C(=O)N(CCN1CCCC1)Cc1cc2ccccc2n1C. The Hall–Kier alpha value is -2.60. The molecule has 0 bridgehead atoms. The predicted molar refractivity (Wildman–Crippen MR) is 116 cm³/mol. The number of carbonyl (C=O) groups excluding carboxylic acids is 1. The number of hydrogen-bond acceptors (Lipinski definition) is 3. The van der Waals surface area contributed by atoms with E-state index < -0.39 is 0 Å². The van der Waals surface area contributed by atoms with Gasteiger partial charge in [-0.05, 0) is 57.3 Å². The van der Waals surface area contributed by atoms with Crippen molar-refractivity contribution in [1.29, 1.82) is 0 Å². The Kier molecular flexibility index (Phi) is 5.46. The quantitative estimate of drug-likeness (QED) is 0.646. The lowest BCUT2D eigenvalue weighted by Gasteiger charge is -2.26. The molecule has 29 heavy (non-hydrogen) atoms. The smallest absolute Gasteiger partial charge is 0.257 e. The van der Waals surface area contributed by atoms with Crippen molar-refractivity contribution >= 4 is 16.8 Å². The second-order valence-electron chi connectivity index (χ2n) is 8.20. The Morgan fingerprint density at radius 2 is 1.86 bits per heavy atom. The van der Waals surface area contributed by atoms with E-state index in [-0.39, 0.29) is 5.91 Å². The molecule has 3 heterocycles. The highest BCUT2D eigenvalue weighted by Gasteiger charge is 2.25. The number of carbonyl (C=O) groups is 1. The van der Waals surface area contributed by atoms with Gasteiger partial charge in [0.1, 0.15) is 0 Å². The first kappa shape index (κ1) is 19.7. The van der Waals surface area contributed by atoms with Crippen LogP contribution in [0.25, 0.3) is 10.9 Å². The number of aromatic nitrogens is 3. The Morgan fingerprint density at radius 1 is 1.14 bits per heavy atom. The minimum atomic E-state index is 0.0811. The molecule has 6 heteroatoms. The van der Waals surface area contributed by atoms with Crippen molar-refractivity contribution in [3.05, 3.63) is 53.0 Å². The molecule has 2 aromatic heterocycles. The maximum absolute atomic E-state index is 13.6. The van der Waals surface area contributed by atoms with Crippen LogP contribution < -0.4 is 0 Å². The van der Waals surface area contributed by atoms with Crippen LogP contribution in [0.3, 0.4) is 0 Å². The summed E-state index contributed by atoms with van der Waals surface area (Å²) in [5, 5.41) is 5.68. The molecule has 1 aromatic carbocycles. The van der Waals surface area contributed by atoms with Crippen LogP contribution in [0.15, 0.2) is 30.3 Å². The molecule has 0 radical (unpaired) electrons. The molecular weight excluding hydrogens is 362 g/mol. The fourth-order valence-corrected chi connectivity index (χ4v) is 4.46. The highest BCUT2D eigenvalue weighted by atomic mass is 16.2. The lowest BCUT2D eigenvalue weighted by molar-refractivity contribution is 0.0722. The van der Waals surface area contributed by atoms with Crippen molar-refractivity contribution in [2.75, 3.05) is 26.2 Å². The molecule has 154 valence electrons. The van der Waals surface area contributed by atoms with Crippen LogP contribution in [0.2, 0.25) is 0 Å². The van der Waals surface area contributed by atoms with Gasteiger partial charge in [-0.3, -0.25) is 9.48 Å². The van der Waals surface area contributed by atoms with E-state index >= 15 is 0 Å². The van der Waals surface area contributed by atoms with Gasteiger partial charge in [-0.2, -0.15) is 5.10 Å². The van der Waals surface area contributed by atoms with Crippen molar-refractivity contribution in [1.82, 2.24) is 24.1 Å². The van der Waals surface area contributed by atoms with Crippen LogP contribution in [0.5, 0.6) is 0 Å². The van der Waals surface area contributed by atoms with Crippen molar-refractivity contribution in [3.63, 3.8) is 0 Å². The molecule has 1 aliphatic heterocycles. The number of nitrogens with zero attached hydrogens (tertiary/aromatic N) is 5. The van der Waals surface area contributed by atoms with Crippen molar-refractivity contribution in [3.8, 4) is 0 Å². The minimum absolute atomic E-state index is 0.0811. The Morgan fingerprint density at radius 3 is 2.52 bits per heavy atom. The Balaban J connectivity index is 1.63. The normalized spacial score (nSPS) is 14.8. The van der Waals surface area contributed by atoms with Gasteiger partial charge in [0.05, 0.1) is 17.8 Å². The van der Waals surface area contributed by atoms with Gasteiger partial charge < -0.3 is 14.4 Å². The summed E-state index contributed by atoms with van der Waals surface area (Å²) in [4.78, 5) is 18.0. The molecule has 0 atom stereocenters. The van der Waals surface area contributed by atoms with E-state index in [1.165, 1.54) is 23.7 Å². The number of amides is 1. The first-order valence-electron chi connectivity index (χ1n) is 10.5. The Bertz CT molecular complexity index is 1030. The first-order chi connectivity index (χ1) is 14.0. The zero-order chi connectivity index (χ0) is 20.5. The summed E-state index contributed by atoms with van der Waals surface area (Å²) in [6.07, 6.45) is 2.52. The van der Waals surface area contributed by atoms with Gasteiger partial charge in [-0.25, -0.2) is 0 Å². The Labute approximate surface area is 172 Å². The molecule has 0 saturated carbocycles. The summed E-state index contributed by atoms with van der Waals surface area (Å²) < 4.78 is 4.01. The largest absolute Gasteiger partial charge is 0.346 e. The van der Waals surface area contributed by atoms with Crippen LogP contribution in [0.1, 0.15) is 40.3 Å². The fraction of sp³-hybridized carbons (Fsp3) is 0.478. The molecule has 1 amide bonds. The van der Waals surface area contributed by atoms with Crippen molar-refractivity contribution in [2.24, 2.45) is 14.1 Å². The van der Waals surface area contributed by atoms with Gasteiger partial charge in [0, 0.05) is 44.1 Å². The van der Waals surface area contributed by atoms with E-state index in [1.54, 1.807) is 4.68 Å². The predicted octanol–water partition coefficient (Wildman–Crippen LogP) is 3.27. The molecule has 0 aliphatic carbocycles. The molecular formula is C23H31N5O. The maximum atomic E-state index is 13.6. The summed E-state index contributed by atoms with van der Waals surface area (Å²) in [5.41, 5.74) is 4.82. The molecule has 4 rings (SSSR count). The minimum Gasteiger partial charge on any atom is -0.346 e. The highest BCUT2D eigenvalue weighted by Crippen LogP contribution is 2.22. The van der Waals surface area contributed by atoms with E-state index in [2.05, 4.69) is 51.9 Å². The summed E-state index contributed by atoms with van der Waals surface area (Å²) >= 11 is 0. The lowest BCUT2D eigenvalue weighted by Crippen LogP contribution is -2.38. The molecule has 1 aliphatic rings. The number of hydrogen-bond donors (Lipinski definition) is 0. The first-order valence-corrected chi connectivity index (χ1v) is 10.5. The molecule has 6 nitrogen and oxygen atoms in total. The monoisotopic (exact) mass is 393 g/mol. The van der Waals surface area contributed by atoms with E-state index in [0.29, 0.717) is 6.54 Å². The second kappa shape index (κ2) is 8.03. The fourth-order valence-electron chi connectivity index (χ4n) is 4.46. The molecule has 0 N–H and O–H groups in total. The van der Waals surface area contributed by atoms with Gasteiger partial charge in [-0.1, -0.05) is 18.2 Å². The lowest BCUT2D eigenvalue weighted by atomic mass is 10.1. The molecule has 0 spiro atoms. The summed E-state index contributed by atoms with van der Waals surface area (Å²) in [5.74, 6) is 0.0811. The number of fused-ring (bicyclic) bond motifs is 1. The van der Waals surface area contributed by atoms with Crippen LogP contribution >= 0.6 is 0 Å². The van der Waals surface area contributed by atoms with Gasteiger partial charge in [0.25, 0.3) is 5.91 Å². The van der Waals surface area contributed by atoms with Gasteiger partial charge in [0.15, 0.2) is 0 Å². The van der Waals surface area contributed by atoms with E-state index in [4.69, 9.17) is 0 Å². The topological polar surface area (TPSA) is 46.3 Å². The summed E-state index contributed by atoms with van der Waals surface area (Å²) in [7, 11) is 3.99. The number of likely N-dealkylation sites (tertiary alicyclic amines) is 1.